The summed E-state index contributed by atoms with van der Waals surface area (Å²) >= 11 is 0. The molecular weight excluding hydrogens is 186 g/mol. The maximum atomic E-state index is 11.1. The van der Waals surface area contributed by atoms with Gasteiger partial charge in [0, 0.05) is 0 Å². The fraction of sp³-hybridized carbons (Fsp3) is 0.300. The molecule has 1 unspecified atom stereocenters. The first-order chi connectivity index (χ1) is 5.75. The Bertz CT molecular complexity index is 261. The predicted octanol–water partition coefficient (Wildman–Crippen LogP) is 1.96. The molecular formula is C10H14ClNO. The second-order valence-electron chi connectivity index (χ2n) is 2.74. The van der Waals surface area contributed by atoms with Crippen molar-refractivity contribution in [1.29, 1.82) is 0 Å². The molecule has 0 aliphatic rings. The molecule has 1 atom stereocenters. The Morgan fingerprint density at radius 2 is 1.85 bits per heavy atom. The Morgan fingerprint density at radius 1 is 1.31 bits per heavy atom. The first-order valence-corrected chi connectivity index (χ1v) is 3.98. The zero-order chi connectivity index (χ0) is 8.97. The van der Waals surface area contributed by atoms with Crippen LogP contribution in [-0.4, -0.2) is 12.8 Å². The lowest BCUT2D eigenvalue weighted by Gasteiger charge is -2.12. The third-order valence-electron chi connectivity index (χ3n) is 1.83. The van der Waals surface area contributed by atoms with Gasteiger partial charge in [-0.25, -0.2) is 0 Å². The number of hydrogen-bond acceptors (Lipinski definition) is 2. The molecule has 0 aromatic heterocycles. The van der Waals surface area contributed by atoms with Crippen molar-refractivity contribution in [1.82, 2.24) is 5.32 Å². The maximum Gasteiger partial charge on any atom is 0.151 e. The van der Waals surface area contributed by atoms with Gasteiger partial charge in [0.1, 0.15) is 0 Å². The molecule has 0 aliphatic carbocycles. The Hall–Kier alpha value is -0.860. The first-order valence-electron chi connectivity index (χ1n) is 3.98. The number of Topliss-reactive ketones (excluding diaryl/α,β-unsaturated/α-hetero) is 1. The second-order valence-corrected chi connectivity index (χ2v) is 2.74. The van der Waals surface area contributed by atoms with Gasteiger partial charge in [0.15, 0.2) is 5.78 Å². The molecule has 0 radical (unpaired) electrons. The number of benzene rings is 1. The van der Waals surface area contributed by atoms with Crippen LogP contribution in [0.3, 0.4) is 0 Å². The van der Waals surface area contributed by atoms with E-state index >= 15 is 0 Å². The third-order valence-corrected chi connectivity index (χ3v) is 1.83. The highest BCUT2D eigenvalue weighted by Crippen LogP contribution is 2.11. The number of carbonyl (C=O) groups excluding carboxylic acids is 1. The lowest BCUT2D eigenvalue weighted by atomic mass is 10.0. The Morgan fingerprint density at radius 3 is 2.23 bits per heavy atom. The second kappa shape index (κ2) is 5.73. The summed E-state index contributed by atoms with van der Waals surface area (Å²) in [6, 6.07) is 9.54. The average Bonchev–Trinajstić information content (AvgIpc) is 2.07. The number of halogens is 1. The molecule has 1 rings (SSSR count). The van der Waals surface area contributed by atoms with Gasteiger partial charge in [-0.15, -0.1) is 12.4 Å². The molecule has 72 valence electrons. The van der Waals surface area contributed by atoms with Gasteiger partial charge >= 0.3 is 0 Å². The molecule has 1 aromatic rings. The van der Waals surface area contributed by atoms with Crippen molar-refractivity contribution in [3.8, 4) is 0 Å². The van der Waals surface area contributed by atoms with E-state index in [1.807, 2.05) is 30.3 Å². The molecule has 0 spiro atoms. The summed E-state index contributed by atoms with van der Waals surface area (Å²) in [6.45, 7) is 1.59. The first kappa shape index (κ1) is 12.1. The van der Waals surface area contributed by atoms with E-state index in [-0.39, 0.29) is 24.2 Å². The van der Waals surface area contributed by atoms with E-state index in [9.17, 15) is 4.79 Å². The van der Waals surface area contributed by atoms with Crippen LogP contribution in [0.4, 0.5) is 0 Å². The van der Waals surface area contributed by atoms with Gasteiger partial charge in [-0.2, -0.15) is 0 Å². The van der Waals surface area contributed by atoms with Crippen LogP contribution in [0.15, 0.2) is 30.3 Å². The van der Waals surface area contributed by atoms with Crippen LogP contribution in [0.2, 0.25) is 0 Å². The molecule has 1 aromatic carbocycles. The number of nitrogens with one attached hydrogen (secondary N) is 1. The number of rotatable bonds is 3. The van der Waals surface area contributed by atoms with Crippen molar-refractivity contribution in [2.45, 2.75) is 13.0 Å². The van der Waals surface area contributed by atoms with E-state index in [2.05, 4.69) is 5.32 Å². The van der Waals surface area contributed by atoms with E-state index in [4.69, 9.17) is 0 Å². The minimum absolute atomic E-state index is 0. The molecule has 3 heteroatoms. The van der Waals surface area contributed by atoms with Crippen molar-refractivity contribution in [3.63, 3.8) is 0 Å². The van der Waals surface area contributed by atoms with Crippen molar-refractivity contribution in [2.24, 2.45) is 0 Å². The Kier molecular flexibility index (Phi) is 5.35. The molecule has 2 nitrogen and oxygen atoms in total. The number of likely N-dealkylation sites (N-methyl/N-ethyl adjacent to an activating group) is 1. The van der Waals surface area contributed by atoms with E-state index in [1.165, 1.54) is 0 Å². The van der Waals surface area contributed by atoms with E-state index < -0.39 is 0 Å². The van der Waals surface area contributed by atoms with E-state index in [0.29, 0.717) is 0 Å². The van der Waals surface area contributed by atoms with Crippen LogP contribution < -0.4 is 5.32 Å². The molecule has 0 aliphatic heterocycles. The Balaban J connectivity index is 0.00000144. The lowest BCUT2D eigenvalue weighted by Crippen LogP contribution is -2.22. The van der Waals surface area contributed by atoms with Gasteiger partial charge in [0.05, 0.1) is 6.04 Å². The molecule has 0 amide bonds. The van der Waals surface area contributed by atoms with Crippen LogP contribution in [-0.2, 0) is 4.79 Å². The molecule has 0 saturated heterocycles. The molecule has 0 heterocycles. The van der Waals surface area contributed by atoms with Gasteiger partial charge < -0.3 is 5.32 Å². The quantitative estimate of drug-likeness (QED) is 0.807. The average molecular weight is 200 g/mol. The minimum Gasteiger partial charge on any atom is -0.307 e. The largest absolute Gasteiger partial charge is 0.307 e. The van der Waals surface area contributed by atoms with Gasteiger partial charge in [-0.05, 0) is 19.5 Å². The normalized spacial score (nSPS) is 11.5. The molecule has 0 bridgehead atoms. The third kappa shape index (κ3) is 3.17. The highest BCUT2D eigenvalue weighted by Gasteiger charge is 2.12. The number of hydrogen-bond donors (Lipinski definition) is 1. The van der Waals surface area contributed by atoms with Crippen LogP contribution in [0, 0.1) is 0 Å². The summed E-state index contributed by atoms with van der Waals surface area (Å²) in [5.41, 5.74) is 1.02. The summed E-state index contributed by atoms with van der Waals surface area (Å²) in [5.74, 6) is 0.142. The maximum absolute atomic E-state index is 11.1. The van der Waals surface area contributed by atoms with Gasteiger partial charge in [0.2, 0.25) is 0 Å². The number of carbonyl (C=O) groups is 1. The summed E-state index contributed by atoms with van der Waals surface area (Å²) in [6.07, 6.45) is 0. The highest BCUT2D eigenvalue weighted by atomic mass is 35.5. The van der Waals surface area contributed by atoms with Crippen molar-refractivity contribution in [3.05, 3.63) is 35.9 Å². The van der Waals surface area contributed by atoms with Crippen molar-refractivity contribution in [2.75, 3.05) is 7.05 Å². The summed E-state index contributed by atoms with van der Waals surface area (Å²) < 4.78 is 0. The molecule has 0 saturated carbocycles. The van der Waals surface area contributed by atoms with Crippen molar-refractivity contribution < 1.29 is 4.79 Å². The SMILES string of the molecule is CNC(C(C)=O)c1ccccc1.Cl. The monoisotopic (exact) mass is 199 g/mol. The van der Waals surface area contributed by atoms with E-state index in [1.54, 1.807) is 14.0 Å². The summed E-state index contributed by atoms with van der Waals surface area (Å²) in [5, 5.41) is 2.97. The minimum atomic E-state index is -0.161. The summed E-state index contributed by atoms with van der Waals surface area (Å²) in [4.78, 5) is 11.1. The van der Waals surface area contributed by atoms with Gasteiger partial charge in [0.25, 0.3) is 0 Å². The smallest absolute Gasteiger partial charge is 0.151 e. The van der Waals surface area contributed by atoms with Crippen LogP contribution in [0.5, 0.6) is 0 Å². The molecule has 13 heavy (non-hydrogen) atoms. The van der Waals surface area contributed by atoms with Gasteiger partial charge in [-0.1, -0.05) is 30.3 Å². The lowest BCUT2D eigenvalue weighted by molar-refractivity contribution is -0.119. The number of ketones is 1. The molecule has 1 N–H and O–H groups in total. The van der Waals surface area contributed by atoms with Crippen LogP contribution in [0.25, 0.3) is 0 Å². The topological polar surface area (TPSA) is 29.1 Å². The van der Waals surface area contributed by atoms with Gasteiger partial charge in [-0.3, -0.25) is 4.79 Å². The van der Waals surface area contributed by atoms with Crippen LogP contribution in [0.1, 0.15) is 18.5 Å². The Labute approximate surface area is 84.8 Å². The zero-order valence-electron chi connectivity index (χ0n) is 7.78. The standard InChI is InChI=1S/C10H13NO.ClH/c1-8(12)10(11-2)9-6-4-3-5-7-9;/h3-7,10-11H,1-2H3;1H. The summed E-state index contributed by atoms with van der Waals surface area (Å²) in [7, 11) is 1.79. The fourth-order valence-corrected chi connectivity index (χ4v) is 1.25. The highest BCUT2D eigenvalue weighted by molar-refractivity contribution is 5.85. The van der Waals surface area contributed by atoms with E-state index in [0.717, 1.165) is 5.56 Å². The fourth-order valence-electron chi connectivity index (χ4n) is 1.25. The van der Waals surface area contributed by atoms with Crippen LogP contribution >= 0.6 is 12.4 Å². The van der Waals surface area contributed by atoms with Crippen molar-refractivity contribution >= 4 is 18.2 Å². The zero-order valence-corrected chi connectivity index (χ0v) is 8.60. The predicted molar refractivity (Wildman–Crippen MR) is 56.2 cm³/mol. The molecule has 0 fully saturated rings.